The number of nitriles is 1. The summed E-state index contributed by atoms with van der Waals surface area (Å²) in [7, 11) is 0.917. The van der Waals surface area contributed by atoms with Crippen molar-refractivity contribution in [2.24, 2.45) is 0 Å². The number of thiophene rings is 1. The third kappa shape index (κ3) is 15.4. The molecule has 0 spiro atoms. The number of likely N-dealkylation sites (tertiary alicyclic amines) is 2. The van der Waals surface area contributed by atoms with Gasteiger partial charge in [-0.05, 0) is 82.4 Å². The van der Waals surface area contributed by atoms with Crippen molar-refractivity contribution in [1.29, 1.82) is 5.26 Å². The molecule has 3 aromatic rings. The molecule has 3 fully saturated rings. The van der Waals surface area contributed by atoms with E-state index in [0.29, 0.717) is 12.2 Å². The number of cyclic esters (lactones) is 1. The van der Waals surface area contributed by atoms with Gasteiger partial charge in [-0.25, -0.2) is 0 Å². The molecule has 1 N–H and O–H groups in total. The van der Waals surface area contributed by atoms with Crippen LogP contribution in [0.4, 0.5) is 13.2 Å². The molecule has 5 heterocycles. The Balaban J connectivity index is 0.000000553. The first-order chi connectivity index (χ1) is 38.3. The molecule has 0 bridgehead atoms. The van der Waals surface area contributed by atoms with Crippen LogP contribution in [0.25, 0.3) is 0 Å². The normalized spacial score (nSPS) is 26.1. The first-order valence-electron chi connectivity index (χ1n) is 28.9. The van der Waals surface area contributed by atoms with E-state index in [1.165, 1.54) is 45.4 Å². The quantitative estimate of drug-likeness (QED) is 0.106. The summed E-state index contributed by atoms with van der Waals surface area (Å²) in [5, 5.41) is 21.2. The highest BCUT2D eigenvalue weighted by Crippen LogP contribution is 2.44. The van der Waals surface area contributed by atoms with Gasteiger partial charge < -0.3 is 33.9 Å². The number of halogens is 4. The minimum atomic E-state index is -4.88. The number of para-hydroxylation sites is 1. The number of aromatic nitrogens is 1. The van der Waals surface area contributed by atoms with Crippen LogP contribution in [0.3, 0.4) is 0 Å². The van der Waals surface area contributed by atoms with E-state index in [1.807, 2.05) is 13.8 Å². The van der Waals surface area contributed by atoms with Crippen molar-refractivity contribution in [1.82, 2.24) is 14.8 Å². The lowest BCUT2D eigenvalue weighted by molar-refractivity contribution is -0.160. The molecular weight excluding hydrogens is 962 g/mol. The monoisotopic (exact) mass is 1040 g/mol. The fourth-order valence-electron chi connectivity index (χ4n) is 7.29. The lowest BCUT2D eigenvalue weighted by Gasteiger charge is -2.51. The van der Waals surface area contributed by atoms with Crippen molar-refractivity contribution in [3.05, 3.63) is 75.7 Å². The van der Waals surface area contributed by atoms with Gasteiger partial charge in [-0.15, -0.1) is 11.3 Å². The minimum absolute atomic E-state index is 0. The summed E-state index contributed by atoms with van der Waals surface area (Å²) < 4.78 is 196. The number of aryl methyl sites for hydroxylation is 1. The van der Waals surface area contributed by atoms with E-state index in [-0.39, 0.29) is 70.5 Å². The van der Waals surface area contributed by atoms with Crippen molar-refractivity contribution < 1.29 is 85.9 Å². The molecule has 3 aliphatic heterocycles. The number of hydrogen-bond donors (Lipinski definition) is 1. The lowest BCUT2D eigenvalue weighted by Crippen LogP contribution is -2.68. The maximum absolute atomic E-state index is 15.0. The van der Waals surface area contributed by atoms with Crippen molar-refractivity contribution in [3.8, 4) is 17.6 Å². The van der Waals surface area contributed by atoms with Crippen LogP contribution in [0.5, 0.6) is 11.5 Å². The zero-order chi connectivity index (χ0) is 64.5. The Hall–Kier alpha value is -5.22. The van der Waals surface area contributed by atoms with E-state index in [1.54, 1.807) is 11.4 Å². The molecule has 14 nitrogen and oxygen atoms in total. The smallest absolute Gasteiger partial charge is 0.418 e. The van der Waals surface area contributed by atoms with E-state index in [9.17, 15) is 42.7 Å². The zero-order valence-electron chi connectivity index (χ0n) is 53.7. The minimum Gasteiger partial charge on any atom is -0.493 e. The molecule has 0 unspecified atom stereocenters. The number of piperidine rings is 2. The fourth-order valence-corrected chi connectivity index (χ4v) is 8.03. The number of carboxylic acids is 1. The van der Waals surface area contributed by atoms with Crippen LogP contribution in [-0.2, 0) is 40.2 Å². The number of ether oxygens (including phenoxy) is 4. The third-order valence-electron chi connectivity index (χ3n) is 10.1. The van der Waals surface area contributed by atoms with Crippen molar-refractivity contribution in [3.63, 3.8) is 0 Å². The van der Waals surface area contributed by atoms with Gasteiger partial charge in [0.1, 0.15) is 17.2 Å². The molecule has 3 saturated heterocycles. The molecule has 0 radical (unpaired) electrons. The first-order valence-corrected chi connectivity index (χ1v) is 21.9. The van der Waals surface area contributed by atoms with Gasteiger partial charge in [0.25, 0.3) is 11.8 Å². The number of pyridine rings is 1. The van der Waals surface area contributed by atoms with Crippen LogP contribution in [0.1, 0.15) is 149 Å². The first kappa shape index (κ1) is 34.1. The molecule has 6 rings (SSSR count). The summed E-state index contributed by atoms with van der Waals surface area (Å²) >= 11 is 4.09. The topological polar surface area (TPSA) is 186 Å². The number of carbonyl (C=O) groups excluding carboxylic acids is 4. The zero-order valence-corrected chi connectivity index (χ0v) is 38.1. The highest BCUT2D eigenvalue weighted by molar-refractivity contribution is 9.09. The maximum Gasteiger partial charge on any atom is 0.418 e. The lowest BCUT2D eigenvalue weighted by atomic mass is 9.72. The molecule has 19 heteroatoms. The second-order valence-electron chi connectivity index (χ2n) is 14.2. The molecule has 2 atom stereocenters. The number of aliphatic carboxylic acids is 1. The Morgan fingerprint density at radius 3 is 2.40 bits per heavy atom. The van der Waals surface area contributed by atoms with E-state index in [4.69, 9.17) is 34.1 Å². The second kappa shape index (κ2) is 26.9. The number of amides is 2. The number of methoxy groups -OCH3 is 1. The molecule has 1 aromatic carbocycles. The van der Waals surface area contributed by atoms with Gasteiger partial charge in [-0.1, -0.05) is 54.9 Å². The van der Waals surface area contributed by atoms with Crippen LogP contribution in [0, 0.1) is 18.3 Å². The molecule has 2 aromatic heterocycles. The predicted octanol–water partition coefficient (Wildman–Crippen LogP) is 9.70. The molecular formula is C48H62BrF3N4O10S. The number of nitrogens with zero attached hydrogens (tertiary/aromatic N) is 4. The van der Waals surface area contributed by atoms with Gasteiger partial charge in [0.05, 0.1) is 48.8 Å². The van der Waals surface area contributed by atoms with Gasteiger partial charge in [0, 0.05) is 91.7 Å². The van der Waals surface area contributed by atoms with Crippen molar-refractivity contribution in [2.45, 2.75) is 128 Å². The number of benzene rings is 1. The number of rotatable bonds is 16. The average Bonchev–Trinajstić information content (AvgIpc) is 1.90. The number of carbonyl (C=O) groups is 5. The molecule has 0 aliphatic carbocycles. The van der Waals surface area contributed by atoms with Gasteiger partial charge in [0.15, 0.2) is 0 Å². The largest absolute Gasteiger partial charge is 0.493 e. The van der Waals surface area contributed by atoms with Crippen LogP contribution in [0.15, 0.2) is 54.0 Å². The SMILES string of the molecule is C.[2H]C([2H])(CBr)C([2H])([2H])C([2H])([2H])C(=O)OC.[2H]C([2H])(Oc1ccccc1C1(C#N)CCN(C(=O)[C@]2(Oc3csc(C)c3)CCCN(C(=O)c3ncccc3C(F)(F)F)[C@@H]2CCC)CC1)C([2H])([2H])C([2H])([2H])C(=O)O.[2H]C1([2H])OC(=O)C([2H])([2H])C1([2H])[2H]. The summed E-state index contributed by atoms with van der Waals surface area (Å²) in [6.45, 7) is -2.91. The van der Waals surface area contributed by atoms with Crippen LogP contribution < -0.4 is 9.47 Å². The molecule has 368 valence electrons. The van der Waals surface area contributed by atoms with Gasteiger partial charge in [-0.3, -0.25) is 29.0 Å². The summed E-state index contributed by atoms with van der Waals surface area (Å²) in [5.41, 5.74) is -5.12. The Kier molecular flexibility index (Phi) is 13.7. The molecule has 3 aliphatic rings. The van der Waals surface area contributed by atoms with Crippen LogP contribution in [0.2, 0.25) is 0 Å². The maximum atomic E-state index is 15.0. The van der Waals surface area contributed by atoms with E-state index in [2.05, 4.69) is 36.5 Å². The average molecular weight is 1040 g/mol. The summed E-state index contributed by atoms with van der Waals surface area (Å²) in [4.78, 5) is 69.8. The number of hydrogen-bond acceptors (Lipinski definition) is 12. The molecule has 0 saturated carbocycles. The molecule has 67 heavy (non-hydrogen) atoms. The highest BCUT2D eigenvalue weighted by Gasteiger charge is 2.56. The molecule has 2 amide bonds. The van der Waals surface area contributed by atoms with Crippen molar-refractivity contribution >= 4 is 57.0 Å². The standard InChI is InChI=1S/C37H41F3N4O6S.C6H11BrO2.C4H6O2.CH4/c1-3-9-30-36(50-26-22-25(2)51-23-26,14-8-18-44(30)33(47)32-28(37(38,39)40)11-6-17-42-32)34(48)43-19-15-35(24-41,16-20-43)27-10-4-5-12-29(27)49-21-7-13-31(45)46;1-9-6(8)4-2-3-5-7;5-4-2-1-3-6-4;/h4-6,10-12,17,22-23,30H,3,7-9,13-16,18-21H2,1-2H3,(H,45,46);2-5H2,1H3;1-3H2;1H4/t30-,36+;;;/m1.../s1/i7D2,13D2,21D2;2D2,3D2,4D2;1D2,2D2,3D2;. The summed E-state index contributed by atoms with van der Waals surface area (Å²) in [6, 6.07) is 10.4. The Labute approximate surface area is 428 Å². The van der Waals surface area contributed by atoms with Gasteiger partial charge in [-0.2, -0.15) is 18.4 Å². The number of carboxylic acid groups (broad SMARTS) is 1. The van der Waals surface area contributed by atoms with Gasteiger partial charge >= 0.3 is 24.1 Å². The van der Waals surface area contributed by atoms with Crippen molar-refractivity contribution in [2.75, 3.05) is 45.2 Å². The number of esters is 2. The van der Waals surface area contributed by atoms with E-state index < -0.39 is 127 Å². The predicted molar refractivity (Wildman–Crippen MR) is 249 cm³/mol. The Morgan fingerprint density at radius 2 is 1.84 bits per heavy atom. The highest BCUT2D eigenvalue weighted by atomic mass is 79.9. The van der Waals surface area contributed by atoms with Crippen LogP contribution in [-0.4, -0.2) is 106 Å². The van der Waals surface area contributed by atoms with Crippen LogP contribution >= 0.6 is 27.3 Å². The van der Waals surface area contributed by atoms with Gasteiger partial charge in [0.2, 0.25) is 5.60 Å². The van der Waals surface area contributed by atoms with E-state index >= 15 is 4.79 Å². The number of alkyl halides is 4. The Morgan fingerprint density at radius 1 is 1.10 bits per heavy atom. The fraction of sp³-hybridized carbons (Fsp3) is 0.562. The third-order valence-corrected chi connectivity index (χ3v) is 11.3. The summed E-state index contributed by atoms with van der Waals surface area (Å²) in [6.07, 6.45) is -24.8. The second-order valence-corrected chi connectivity index (χ2v) is 15.9. The Bertz CT molecular complexity index is 2970. The van der Waals surface area contributed by atoms with E-state index in [0.717, 1.165) is 30.3 Å². The summed E-state index contributed by atoms with van der Waals surface area (Å²) in [5.74, 6) is -6.72.